The minimum Gasteiger partial charge on any atom is -0.495 e. The molecule has 2 aromatic carbocycles. The van der Waals surface area contributed by atoms with Crippen LogP contribution in [0.15, 0.2) is 47.3 Å². The van der Waals surface area contributed by atoms with Gasteiger partial charge in [0.1, 0.15) is 5.75 Å². The molecule has 0 unspecified atom stereocenters. The standard InChI is InChI=1S/C21H24N4O5S/c1-13(2)12-25-21(27)16-8-6-5-7-15(16)19(23-25)20(26)22-14-9-10-18(30-3)17(11-14)24-31(4,28)29/h5-11,13,24H,12H2,1-4H3,(H,22,26). The minimum absolute atomic E-state index is 0.101. The van der Waals surface area contributed by atoms with E-state index in [2.05, 4.69) is 15.1 Å². The van der Waals surface area contributed by atoms with Crippen LogP contribution in [0, 0.1) is 5.92 Å². The van der Waals surface area contributed by atoms with Gasteiger partial charge in [-0.1, -0.05) is 32.0 Å². The Hall–Kier alpha value is -3.40. The number of anilines is 2. The van der Waals surface area contributed by atoms with E-state index in [1.54, 1.807) is 30.3 Å². The van der Waals surface area contributed by atoms with Crippen molar-refractivity contribution in [3.05, 3.63) is 58.5 Å². The summed E-state index contributed by atoms with van der Waals surface area (Å²) in [6.45, 7) is 4.28. The van der Waals surface area contributed by atoms with Crippen molar-refractivity contribution in [1.82, 2.24) is 9.78 Å². The van der Waals surface area contributed by atoms with Crippen LogP contribution in [0.1, 0.15) is 24.3 Å². The first-order chi connectivity index (χ1) is 14.6. The number of amides is 1. The molecule has 31 heavy (non-hydrogen) atoms. The van der Waals surface area contributed by atoms with Gasteiger partial charge in [0.15, 0.2) is 5.69 Å². The van der Waals surface area contributed by atoms with Crippen molar-refractivity contribution in [2.45, 2.75) is 20.4 Å². The Balaban J connectivity index is 2.03. The molecule has 0 spiro atoms. The van der Waals surface area contributed by atoms with Crippen molar-refractivity contribution >= 4 is 38.1 Å². The fourth-order valence-electron chi connectivity index (χ4n) is 3.13. The number of benzene rings is 2. The summed E-state index contributed by atoms with van der Waals surface area (Å²) >= 11 is 0. The van der Waals surface area contributed by atoms with Gasteiger partial charge in [0, 0.05) is 17.6 Å². The van der Waals surface area contributed by atoms with E-state index in [1.165, 1.54) is 23.9 Å². The molecule has 0 bridgehead atoms. The van der Waals surface area contributed by atoms with Crippen molar-refractivity contribution in [2.75, 3.05) is 23.4 Å². The molecule has 0 aliphatic rings. The lowest BCUT2D eigenvalue weighted by Gasteiger charge is -2.14. The number of carbonyl (C=O) groups excluding carboxylic acids is 1. The molecule has 10 heteroatoms. The highest BCUT2D eigenvalue weighted by Crippen LogP contribution is 2.29. The van der Waals surface area contributed by atoms with Crippen molar-refractivity contribution in [2.24, 2.45) is 5.92 Å². The fourth-order valence-corrected chi connectivity index (χ4v) is 3.69. The summed E-state index contributed by atoms with van der Waals surface area (Å²) in [5, 5.41) is 7.87. The van der Waals surface area contributed by atoms with Crippen LogP contribution < -0.4 is 20.3 Å². The zero-order valence-corrected chi connectivity index (χ0v) is 18.5. The maximum atomic E-state index is 13.1. The monoisotopic (exact) mass is 444 g/mol. The predicted octanol–water partition coefficient (Wildman–Crippen LogP) is 2.68. The minimum atomic E-state index is -3.55. The third-order valence-corrected chi connectivity index (χ3v) is 4.96. The number of ether oxygens (including phenoxy) is 1. The molecule has 164 valence electrons. The Morgan fingerprint density at radius 3 is 2.45 bits per heavy atom. The summed E-state index contributed by atoms with van der Waals surface area (Å²) in [7, 11) is -2.14. The van der Waals surface area contributed by atoms with Crippen molar-refractivity contribution in [3.8, 4) is 5.75 Å². The zero-order valence-electron chi connectivity index (χ0n) is 17.7. The Morgan fingerprint density at radius 1 is 1.16 bits per heavy atom. The van der Waals surface area contributed by atoms with Gasteiger partial charge in [0.25, 0.3) is 11.5 Å². The van der Waals surface area contributed by atoms with E-state index in [0.717, 1.165) is 6.26 Å². The molecule has 9 nitrogen and oxygen atoms in total. The van der Waals surface area contributed by atoms with Crippen LogP contribution >= 0.6 is 0 Å². The van der Waals surface area contributed by atoms with Gasteiger partial charge in [-0.2, -0.15) is 5.10 Å². The lowest BCUT2D eigenvalue weighted by Crippen LogP contribution is -2.29. The van der Waals surface area contributed by atoms with E-state index in [-0.39, 0.29) is 22.9 Å². The number of sulfonamides is 1. The van der Waals surface area contributed by atoms with Crippen LogP contribution in [0.5, 0.6) is 5.75 Å². The average molecular weight is 445 g/mol. The highest BCUT2D eigenvalue weighted by molar-refractivity contribution is 7.92. The molecule has 0 radical (unpaired) electrons. The van der Waals surface area contributed by atoms with Crippen molar-refractivity contribution < 1.29 is 17.9 Å². The zero-order chi connectivity index (χ0) is 22.8. The van der Waals surface area contributed by atoms with E-state index in [4.69, 9.17) is 4.74 Å². The van der Waals surface area contributed by atoms with Gasteiger partial charge in [0.2, 0.25) is 10.0 Å². The number of rotatable bonds is 7. The molecule has 0 saturated heterocycles. The van der Waals surface area contributed by atoms with Crippen LogP contribution in [-0.2, 0) is 16.6 Å². The summed E-state index contributed by atoms with van der Waals surface area (Å²) in [6.07, 6.45) is 1.02. The maximum Gasteiger partial charge on any atom is 0.276 e. The highest BCUT2D eigenvalue weighted by atomic mass is 32.2. The van der Waals surface area contributed by atoms with E-state index in [1.807, 2.05) is 13.8 Å². The molecular weight excluding hydrogens is 420 g/mol. The molecule has 3 rings (SSSR count). The number of nitrogens with zero attached hydrogens (tertiary/aromatic N) is 2. The molecule has 1 amide bonds. The molecule has 2 N–H and O–H groups in total. The van der Waals surface area contributed by atoms with Gasteiger partial charge < -0.3 is 10.1 Å². The number of fused-ring (bicyclic) bond motifs is 1. The molecule has 0 aliphatic carbocycles. The van der Waals surface area contributed by atoms with E-state index >= 15 is 0 Å². The normalized spacial score (nSPS) is 11.5. The second-order valence-corrected chi connectivity index (χ2v) is 9.27. The number of hydrogen-bond acceptors (Lipinski definition) is 6. The van der Waals surface area contributed by atoms with Crippen LogP contribution in [0.2, 0.25) is 0 Å². The summed E-state index contributed by atoms with van der Waals surface area (Å²) in [6, 6.07) is 11.4. The van der Waals surface area contributed by atoms with Gasteiger partial charge >= 0.3 is 0 Å². The van der Waals surface area contributed by atoms with Gasteiger partial charge in [0.05, 0.1) is 24.4 Å². The first-order valence-electron chi connectivity index (χ1n) is 9.56. The molecule has 0 fully saturated rings. The van der Waals surface area contributed by atoms with E-state index in [9.17, 15) is 18.0 Å². The SMILES string of the molecule is COc1ccc(NC(=O)c2nn(CC(C)C)c(=O)c3ccccc23)cc1NS(C)(=O)=O. The maximum absolute atomic E-state index is 13.1. The average Bonchev–Trinajstić information content (AvgIpc) is 2.69. The molecule has 0 aliphatic heterocycles. The number of hydrogen-bond donors (Lipinski definition) is 2. The summed E-state index contributed by atoms with van der Waals surface area (Å²) < 4.78 is 32.1. The third kappa shape index (κ3) is 5.21. The predicted molar refractivity (Wildman–Crippen MR) is 120 cm³/mol. The van der Waals surface area contributed by atoms with E-state index < -0.39 is 15.9 Å². The number of carbonyl (C=O) groups is 1. The molecular formula is C21H24N4O5S. The van der Waals surface area contributed by atoms with Crippen molar-refractivity contribution in [3.63, 3.8) is 0 Å². The summed E-state index contributed by atoms with van der Waals surface area (Å²) in [4.78, 5) is 25.8. The van der Waals surface area contributed by atoms with Crippen LogP contribution in [0.25, 0.3) is 10.8 Å². The first kappa shape index (κ1) is 22.3. The Bertz CT molecular complexity index is 1300. The largest absolute Gasteiger partial charge is 0.495 e. The van der Waals surface area contributed by atoms with Gasteiger partial charge in [-0.25, -0.2) is 13.1 Å². The second kappa shape index (κ2) is 8.76. The fraction of sp³-hybridized carbons (Fsp3) is 0.286. The summed E-state index contributed by atoms with van der Waals surface area (Å²) in [5.74, 6) is -0.0600. The lowest BCUT2D eigenvalue weighted by molar-refractivity contribution is 0.102. The van der Waals surface area contributed by atoms with Gasteiger partial charge in [-0.15, -0.1) is 0 Å². The van der Waals surface area contributed by atoms with Crippen LogP contribution in [0.3, 0.4) is 0 Å². The van der Waals surface area contributed by atoms with E-state index in [0.29, 0.717) is 28.8 Å². The topological polar surface area (TPSA) is 119 Å². The summed E-state index contributed by atoms with van der Waals surface area (Å²) in [5.41, 5.74) is 0.365. The second-order valence-electron chi connectivity index (χ2n) is 7.52. The van der Waals surface area contributed by atoms with Crippen LogP contribution in [-0.4, -0.2) is 37.5 Å². The highest BCUT2D eigenvalue weighted by Gasteiger charge is 2.18. The van der Waals surface area contributed by atoms with Crippen molar-refractivity contribution in [1.29, 1.82) is 0 Å². The Morgan fingerprint density at radius 2 is 1.84 bits per heavy atom. The lowest BCUT2D eigenvalue weighted by atomic mass is 10.1. The Labute approximate surface area is 180 Å². The van der Waals surface area contributed by atoms with Crippen LogP contribution in [0.4, 0.5) is 11.4 Å². The first-order valence-corrected chi connectivity index (χ1v) is 11.4. The quantitative estimate of drug-likeness (QED) is 0.578. The smallest absolute Gasteiger partial charge is 0.276 e. The Kier molecular flexibility index (Phi) is 6.30. The molecule has 0 saturated carbocycles. The van der Waals surface area contributed by atoms with Gasteiger partial charge in [-0.05, 0) is 30.2 Å². The number of methoxy groups -OCH3 is 1. The molecule has 3 aromatic rings. The number of aromatic nitrogens is 2. The molecule has 0 atom stereocenters. The molecule has 1 heterocycles. The number of nitrogens with one attached hydrogen (secondary N) is 2. The third-order valence-electron chi connectivity index (χ3n) is 4.37. The van der Waals surface area contributed by atoms with Gasteiger partial charge in [-0.3, -0.25) is 14.3 Å². The molecule has 1 aromatic heterocycles.